The zero-order valence-electron chi connectivity index (χ0n) is 12.2. The zero-order valence-corrected chi connectivity index (χ0v) is 12.2. The molecule has 1 amide bonds. The van der Waals surface area contributed by atoms with Gasteiger partial charge >= 0.3 is 0 Å². The molecule has 0 spiro atoms. The van der Waals surface area contributed by atoms with Crippen LogP contribution in [0.2, 0.25) is 0 Å². The third-order valence-electron chi connectivity index (χ3n) is 5.76. The number of amides is 1. The largest absolute Gasteiger partial charge is 0.352 e. The van der Waals surface area contributed by atoms with Crippen molar-refractivity contribution in [2.75, 3.05) is 6.54 Å². The van der Waals surface area contributed by atoms with Crippen molar-refractivity contribution in [2.45, 2.75) is 70.4 Å². The summed E-state index contributed by atoms with van der Waals surface area (Å²) in [7, 11) is 0. The second kappa shape index (κ2) is 5.82. The highest BCUT2D eigenvalue weighted by Crippen LogP contribution is 2.37. The molecular weight excluding hydrogens is 236 g/mol. The van der Waals surface area contributed by atoms with E-state index in [1.54, 1.807) is 0 Å². The van der Waals surface area contributed by atoms with Crippen LogP contribution in [-0.4, -0.2) is 24.5 Å². The molecule has 3 unspecified atom stereocenters. The molecule has 3 heteroatoms. The van der Waals surface area contributed by atoms with E-state index in [0.717, 1.165) is 12.5 Å². The molecule has 0 bridgehead atoms. The van der Waals surface area contributed by atoms with Crippen LogP contribution in [0.25, 0.3) is 0 Å². The Kier molecular flexibility index (Phi) is 4.11. The fourth-order valence-corrected chi connectivity index (χ4v) is 4.54. The molecule has 2 N–H and O–H groups in total. The van der Waals surface area contributed by atoms with Crippen molar-refractivity contribution in [1.29, 1.82) is 0 Å². The topological polar surface area (TPSA) is 41.1 Å². The van der Waals surface area contributed by atoms with Crippen molar-refractivity contribution in [2.24, 2.45) is 17.8 Å². The number of fused-ring (bicyclic) bond motifs is 1. The Morgan fingerprint density at radius 3 is 2.68 bits per heavy atom. The van der Waals surface area contributed by atoms with Crippen LogP contribution in [-0.2, 0) is 4.79 Å². The van der Waals surface area contributed by atoms with E-state index in [2.05, 4.69) is 17.6 Å². The average molecular weight is 264 g/mol. The number of hydrogen-bond donors (Lipinski definition) is 2. The lowest BCUT2D eigenvalue weighted by atomic mass is 9.84. The Morgan fingerprint density at radius 2 is 1.89 bits per heavy atom. The van der Waals surface area contributed by atoms with Crippen molar-refractivity contribution < 1.29 is 4.79 Å². The molecule has 1 aliphatic heterocycles. The predicted octanol–water partition coefficient (Wildman–Crippen LogP) is 2.46. The van der Waals surface area contributed by atoms with Crippen molar-refractivity contribution in [3.05, 3.63) is 0 Å². The predicted molar refractivity (Wildman–Crippen MR) is 76.8 cm³/mol. The Bertz CT molecular complexity index is 325. The lowest BCUT2D eigenvalue weighted by molar-refractivity contribution is -0.124. The van der Waals surface area contributed by atoms with Crippen LogP contribution in [0.1, 0.15) is 58.3 Å². The first-order valence-electron chi connectivity index (χ1n) is 8.29. The Balaban J connectivity index is 1.52. The van der Waals surface area contributed by atoms with Gasteiger partial charge in [-0.1, -0.05) is 25.7 Å². The number of nitrogens with one attached hydrogen (secondary N) is 2. The fourth-order valence-electron chi connectivity index (χ4n) is 4.54. The molecule has 4 atom stereocenters. The van der Waals surface area contributed by atoms with E-state index in [1.807, 2.05) is 0 Å². The maximum absolute atomic E-state index is 12.5. The molecule has 0 radical (unpaired) electrons. The highest BCUT2D eigenvalue weighted by Gasteiger charge is 2.42. The first-order valence-corrected chi connectivity index (χ1v) is 8.29. The van der Waals surface area contributed by atoms with Gasteiger partial charge in [-0.25, -0.2) is 0 Å². The van der Waals surface area contributed by atoms with Crippen molar-refractivity contribution in [3.8, 4) is 0 Å². The molecule has 0 aromatic carbocycles. The molecule has 2 saturated carbocycles. The monoisotopic (exact) mass is 264 g/mol. The van der Waals surface area contributed by atoms with Crippen LogP contribution < -0.4 is 10.6 Å². The van der Waals surface area contributed by atoms with E-state index in [0.29, 0.717) is 17.9 Å². The smallest absolute Gasteiger partial charge is 0.237 e. The molecule has 19 heavy (non-hydrogen) atoms. The summed E-state index contributed by atoms with van der Waals surface area (Å²) >= 11 is 0. The molecule has 108 valence electrons. The molecule has 1 heterocycles. The van der Waals surface area contributed by atoms with Crippen LogP contribution in [0, 0.1) is 17.8 Å². The molecule has 0 aromatic heterocycles. The van der Waals surface area contributed by atoms with Gasteiger partial charge in [0.1, 0.15) is 0 Å². The minimum Gasteiger partial charge on any atom is -0.352 e. The molecule has 3 aliphatic rings. The number of rotatable bonds is 3. The molecule has 1 saturated heterocycles. The normalized spacial score (nSPS) is 37.0. The van der Waals surface area contributed by atoms with E-state index in [4.69, 9.17) is 0 Å². The van der Waals surface area contributed by atoms with Gasteiger partial charge in [-0.3, -0.25) is 4.79 Å². The van der Waals surface area contributed by atoms with Gasteiger partial charge in [0.05, 0.1) is 6.04 Å². The van der Waals surface area contributed by atoms with Crippen LogP contribution in [0.15, 0.2) is 0 Å². The van der Waals surface area contributed by atoms with Gasteiger partial charge in [-0.15, -0.1) is 0 Å². The van der Waals surface area contributed by atoms with Crippen molar-refractivity contribution >= 4 is 5.91 Å². The van der Waals surface area contributed by atoms with E-state index in [1.165, 1.54) is 51.4 Å². The molecule has 3 rings (SSSR count). The number of carbonyl (C=O) groups is 1. The Morgan fingerprint density at radius 1 is 1.11 bits per heavy atom. The van der Waals surface area contributed by atoms with Crippen LogP contribution in [0.5, 0.6) is 0 Å². The SMILES string of the molecule is C[C@@H](NC(=O)C1NCC2CCCC21)C1CCCCC1. The van der Waals surface area contributed by atoms with Gasteiger partial charge in [0.25, 0.3) is 0 Å². The van der Waals surface area contributed by atoms with E-state index < -0.39 is 0 Å². The van der Waals surface area contributed by atoms with Gasteiger partial charge in [-0.05, 0) is 56.9 Å². The maximum Gasteiger partial charge on any atom is 0.237 e. The summed E-state index contributed by atoms with van der Waals surface area (Å²) in [5.41, 5.74) is 0. The summed E-state index contributed by atoms with van der Waals surface area (Å²) in [4.78, 5) is 12.5. The van der Waals surface area contributed by atoms with Crippen molar-refractivity contribution in [1.82, 2.24) is 10.6 Å². The van der Waals surface area contributed by atoms with Gasteiger partial charge < -0.3 is 10.6 Å². The van der Waals surface area contributed by atoms with Gasteiger partial charge in [0.2, 0.25) is 5.91 Å². The average Bonchev–Trinajstić information content (AvgIpc) is 3.01. The third-order valence-corrected chi connectivity index (χ3v) is 5.76. The zero-order chi connectivity index (χ0) is 13.2. The standard InChI is InChI=1S/C16H28N2O/c1-11(12-6-3-2-4-7-12)18-16(19)15-14-9-5-8-13(14)10-17-15/h11-15,17H,2-10H2,1H3,(H,18,19)/t11-,13?,14?,15?/m1/s1. The van der Waals surface area contributed by atoms with Crippen molar-refractivity contribution in [3.63, 3.8) is 0 Å². The maximum atomic E-state index is 12.5. The third kappa shape index (κ3) is 2.81. The Hall–Kier alpha value is -0.570. The molecule has 2 aliphatic carbocycles. The molecule has 3 nitrogen and oxygen atoms in total. The lowest BCUT2D eigenvalue weighted by Gasteiger charge is -2.30. The summed E-state index contributed by atoms with van der Waals surface area (Å²) in [5.74, 6) is 2.35. The fraction of sp³-hybridized carbons (Fsp3) is 0.938. The first kappa shape index (κ1) is 13.4. The number of hydrogen-bond acceptors (Lipinski definition) is 2. The highest BCUT2D eigenvalue weighted by molar-refractivity contribution is 5.82. The van der Waals surface area contributed by atoms with Crippen LogP contribution in [0.4, 0.5) is 0 Å². The number of carbonyl (C=O) groups excluding carboxylic acids is 1. The van der Waals surface area contributed by atoms with Crippen LogP contribution in [0.3, 0.4) is 0 Å². The van der Waals surface area contributed by atoms with Gasteiger partial charge in [0, 0.05) is 6.04 Å². The lowest BCUT2D eigenvalue weighted by Crippen LogP contribution is -2.49. The highest BCUT2D eigenvalue weighted by atomic mass is 16.2. The van der Waals surface area contributed by atoms with E-state index in [9.17, 15) is 4.79 Å². The molecule has 3 fully saturated rings. The first-order chi connectivity index (χ1) is 9.25. The summed E-state index contributed by atoms with van der Waals surface area (Å²) in [6.07, 6.45) is 10.5. The minimum absolute atomic E-state index is 0.0959. The quantitative estimate of drug-likeness (QED) is 0.822. The molecule has 0 aromatic rings. The molecular formula is C16H28N2O. The van der Waals surface area contributed by atoms with Gasteiger partial charge in [0.15, 0.2) is 0 Å². The van der Waals surface area contributed by atoms with Gasteiger partial charge in [-0.2, -0.15) is 0 Å². The summed E-state index contributed by atoms with van der Waals surface area (Å²) in [6, 6.07) is 0.452. The summed E-state index contributed by atoms with van der Waals surface area (Å²) in [5, 5.41) is 6.76. The van der Waals surface area contributed by atoms with Crippen LogP contribution >= 0.6 is 0 Å². The summed E-state index contributed by atoms with van der Waals surface area (Å²) < 4.78 is 0. The Labute approximate surface area is 116 Å². The minimum atomic E-state index is 0.0959. The van der Waals surface area contributed by atoms with E-state index >= 15 is 0 Å². The summed E-state index contributed by atoms with van der Waals surface area (Å²) in [6.45, 7) is 3.26. The second-order valence-electron chi connectivity index (χ2n) is 6.94. The second-order valence-corrected chi connectivity index (χ2v) is 6.94. The van der Waals surface area contributed by atoms with E-state index in [-0.39, 0.29) is 11.9 Å².